The minimum absolute atomic E-state index is 0.180. The predicted octanol–water partition coefficient (Wildman–Crippen LogP) is 6.15. The van der Waals surface area contributed by atoms with E-state index in [2.05, 4.69) is 38.8 Å². The monoisotopic (exact) mass is 537 g/mol. The zero-order chi connectivity index (χ0) is 26.3. The summed E-state index contributed by atoms with van der Waals surface area (Å²) in [6, 6.07) is 4.18. The fourth-order valence-electron chi connectivity index (χ4n) is 6.72. The van der Waals surface area contributed by atoms with Gasteiger partial charge in [-0.25, -0.2) is 8.78 Å². The van der Waals surface area contributed by atoms with Crippen molar-refractivity contribution in [2.75, 3.05) is 6.54 Å². The molecule has 5 rings (SSSR count). The lowest BCUT2D eigenvalue weighted by atomic mass is 9.86. The molecule has 1 saturated carbocycles. The van der Waals surface area contributed by atoms with Gasteiger partial charge in [-0.05, 0) is 64.0 Å². The molecule has 4 atom stereocenters. The summed E-state index contributed by atoms with van der Waals surface area (Å²) in [6.45, 7) is 7.16. The summed E-state index contributed by atoms with van der Waals surface area (Å²) >= 11 is 1.06. The van der Waals surface area contributed by atoms with E-state index < -0.39 is 11.8 Å². The molecule has 2 bridgehead atoms. The summed E-state index contributed by atoms with van der Waals surface area (Å²) < 4.78 is 43.4. The molecule has 1 amide bonds. The highest BCUT2D eigenvalue weighted by Crippen LogP contribution is 2.43. The third-order valence-corrected chi connectivity index (χ3v) is 9.64. The Balaban J connectivity index is 1.24. The number of aryl methyl sites for hydroxylation is 1. The molecule has 3 fully saturated rings. The van der Waals surface area contributed by atoms with Gasteiger partial charge in [0, 0.05) is 54.2 Å². The molecule has 2 aliphatic heterocycles. The lowest BCUT2D eigenvalue weighted by Crippen LogP contribution is -2.45. The summed E-state index contributed by atoms with van der Waals surface area (Å²) in [5, 5.41) is 11.6. The number of carbonyl (C=O) groups excluding carboxylic acids is 1. The van der Waals surface area contributed by atoms with Gasteiger partial charge in [-0.3, -0.25) is 9.69 Å². The maximum atomic E-state index is 13.9. The molecule has 1 aliphatic carbocycles. The molecule has 0 spiro atoms. The van der Waals surface area contributed by atoms with Crippen molar-refractivity contribution >= 4 is 17.2 Å². The van der Waals surface area contributed by atoms with Crippen molar-refractivity contribution in [2.45, 2.75) is 115 Å². The molecule has 37 heavy (non-hydrogen) atoms. The van der Waals surface area contributed by atoms with Crippen LogP contribution in [0.3, 0.4) is 0 Å². The fraction of sp³-hybridized carbons (Fsp3) is 0.741. The second-order valence-electron chi connectivity index (χ2n) is 11.5. The van der Waals surface area contributed by atoms with Crippen molar-refractivity contribution in [3.8, 4) is 0 Å². The van der Waals surface area contributed by atoms with Crippen LogP contribution in [0.1, 0.15) is 106 Å². The number of amides is 1. The Morgan fingerprint density at radius 3 is 2.38 bits per heavy atom. The highest BCUT2D eigenvalue weighted by Gasteiger charge is 2.43. The van der Waals surface area contributed by atoms with Gasteiger partial charge >= 0.3 is 0 Å². The number of halogens is 3. The average Bonchev–Trinajstić information content (AvgIpc) is 3.51. The van der Waals surface area contributed by atoms with E-state index in [-0.39, 0.29) is 42.8 Å². The second kappa shape index (κ2) is 10.7. The first-order chi connectivity index (χ1) is 17.6. The molecular weight excluding hydrogens is 499 g/mol. The first-order valence-corrected chi connectivity index (χ1v) is 14.5. The van der Waals surface area contributed by atoms with Crippen LogP contribution < -0.4 is 5.32 Å². The quantitative estimate of drug-likeness (QED) is 0.439. The van der Waals surface area contributed by atoms with Crippen LogP contribution in [0.25, 0.3) is 0 Å². The fourth-order valence-corrected chi connectivity index (χ4v) is 7.54. The van der Waals surface area contributed by atoms with Crippen molar-refractivity contribution in [1.29, 1.82) is 0 Å². The molecule has 204 valence electrons. The highest BCUT2D eigenvalue weighted by molar-refractivity contribution is 7.10. The van der Waals surface area contributed by atoms with E-state index in [0.717, 1.165) is 60.1 Å². The number of carbonyl (C=O) groups is 1. The molecule has 3 aliphatic rings. The smallest absolute Gasteiger partial charge is 0.248 e. The molecule has 0 unspecified atom stereocenters. The Hall–Kier alpha value is -1.94. The number of nitrogens with one attached hydrogen (secondary N) is 1. The topological polar surface area (TPSA) is 63.1 Å². The standard InChI is InChI=1S/C27H38F3N5OS/c1-16(2)25-33-32-17(3)35(25)21-14-19-4-5-20(15-21)34(19)13-10-22(23-6-7-24(28)37-23)31-26(36)18-8-11-27(29,30)12-9-18/h6-7,16,18-22H,4-5,8-15H2,1-3H3,(H,31,36)/t19-,20+,21-,22-/m0/s1. The number of thiophene rings is 1. The van der Waals surface area contributed by atoms with Gasteiger partial charge in [0.15, 0.2) is 5.13 Å². The van der Waals surface area contributed by atoms with Gasteiger partial charge in [-0.15, -0.1) is 21.5 Å². The number of aromatic nitrogens is 3. The summed E-state index contributed by atoms with van der Waals surface area (Å²) in [5.41, 5.74) is 0. The number of fused-ring (bicyclic) bond motifs is 2. The van der Waals surface area contributed by atoms with E-state index in [1.807, 2.05) is 6.92 Å². The first kappa shape index (κ1) is 26.7. The average molecular weight is 538 g/mol. The van der Waals surface area contributed by atoms with Crippen LogP contribution in [0, 0.1) is 18.0 Å². The predicted molar refractivity (Wildman–Crippen MR) is 137 cm³/mol. The third kappa shape index (κ3) is 5.75. The molecule has 0 radical (unpaired) electrons. The van der Waals surface area contributed by atoms with Crippen molar-refractivity contribution in [2.24, 2.45) is 5.92 Å². The van der Waals surface area contributed by atoms with Crippen LogP contribution >= 0.6 is 11.3 Å². The van der Waals surface area contributed by atoms with Crippen molar-refractivity contribution in [1.82, 2.24) is 25.0 Å². The van der Waals surface area contributed by atoms with Crippen molar-refractivity contribution < 1.29 is 18.0 Å². The van der Waals surface area contributed by atoms with Gasteiger partial charge in [0.1, 0.15) is 11.6 Å². The van der Waals surface area contributed by atoms with Crippen LogP contribution in [-0.4, -0.2) is 50.1 Å². The minimum atomic E-state index is -2.67. The van der Waals surface area contributed by atoms with E-state index >= 15 is 0 Å². The van der Waals surface area contributed by atoms with Gasteiger partial charge in [0.25, 0.3) is 0 Å². The summed E-state index contributed by atoms with van der Waals surface area (Å²) in [6.07, 6.45) is 4.99. The molecule has 2 aromatic rings. The molecule has 6 nitrogen and oxygen atoms in total. The highest BCUT2D eigenvalue weighted by atomic mass is 32.1. The molecule has 10 heteroatoms. The van der Waals surface area contributed by atoms with Gasteiger partial charge in [0.2, 0.25) is 11.8 Å². The second-order valence-corrected chi connectivity index (χ2v) is 12.6. The van der Waals surface area contributed by atoms with E-state index in [4.69, 9.17) is 0 Å². The number of hydrogen-bond donors (Lipinski definition) is 1. The Labute approximate surface area is 221 Å². The van der Waals surface area contributed by atoms with Crippen molar-refractivity contribution in [3.05, 3.63) is 33.8 Å². The third-order valence-electron chi connectivity index (χ3n) is 8.65. The van der Waals surface area contributed by atoms with Crippen LogP contribution in [-0.2, 0) is 4.79 Å². The van der Waals surface area contributed by atoms with Gasteiger partial charge in [-0.2, -0.15) is 4.39 Å². The molecular formula is C27H38F3N5OS. The summed E-state index contributed by atoms with van der Waals surface area (Å²) in [7, 11) is 0. The molecule has 2 saturated heterocycles. The number of piperidine rings is 1. The Morgan fingerprint density at radius 2 is 1.78 bits per heavy atom. The molecule has 2 aromatic heterocycles. The van der Waals surface area contributed by atoms with Gasteiger partial charge in [0.05, 0.1) is 6.04 Å². The normalized spacial score (nSPS) is 27.1. The zero-order valence-corrected chi connectivity index (χ0v) is 22.7. The SMILES string of the molecule is Cc1nnc(C(C)C)n1[C@@H]1C[C@H]2CC[C@@H](C1)N2CC[C@H](NC(=O)C1CCC(F)(F)CC1)c1ccc(F)s1. The number of alkyl halides is 2. The van der Waals surface area contributed by atoms with Crippen LogP contribution in [0.5, 0.6) is 0 Å². The summed E-state index contributed by atoms with van der Waals surface area (Å²) in [4.78, 5) is 16.4. The molecule has 0 aromatic carbocycles. The van der Waals surface area contributed by atoms with Crippen LogP contribution in [0.15, 0.2) is 12.1 Å². The lowest BCUT2D eigenvalue weighted by molar-refractivity contribution is -0.130. The molecule has 4 heterocycles. The van der Waals surface area contributed by atoms with Gasteiger partial charge < -0.3 is 9.88 Å². The van der Waals surface area contributed by atoms with Crippen molar-refractivity contribution in [3.63, 3.8) is 0 Å². The minimum Gasteiger partial charge on any atom is -0.348 e. The number of rotatable bonds is 8. The van der Waals surface area contributed by atoms with E-state index in [0.29, 0.717) is 30.5 Å². The molecule has 1 N–H and O–H groups in total. The largest absolute Gasteiger partial charge is 0.348 e. The Bertz CT molecular complexity index is 1080. The zero-order valence-electron chi connectivity index (χ0n) is 21.9. The Morgan fingerprint density at radius 1 is 1.11 bits per heavy atom. The summed E-state index contributed by atoms with van der Waals surface area (Å²) in [5.74, 6) is -0.897. The maximum Gasteiger partial charge on any atom is 0.248 e. The van der Waals surface area contributed by atoms with E-state index in [1.165, 1.54) is 6.07 Å². The lowest BCUT2D eigenvalue weighted by Gasteiger charge is -2.40. The first-order valence-electron chi connectivity index (χ1n) is 13.7. The van der Waals surface area contributed by atoms with Crippen LogP contribution in [0.4, 0.5) is 13.2 Å². The Kier molecular flexibility index (Phi) is 7.69. The number of hydrogen-bond acceptors (Lipinski definition) is 5. The van der Waals surface area contributed by atoms with Crippen LogP contribution in [0.2, 0.25) is 0 Å². The van der Waals surface area contributed by atoms with E-state index in [1.54, 1.807) is 6.07 Å². The van der Waals surface area contributed by atoms with Gasteiger partial charge in [-0.1, -0.05) is 13.8 Å². The number of nitrogens with zero attached hydrogens (tertiary/aromatic N) is 4. The van der Waals surface area contributed by atoms with E-state index in [9.17, 15) is 18.0 Å². The maximum absolute atomic E-state index is 13.9.